The highest BCUT2D eigenvalue weighted by molar-refractivity contribution is 6.04. The first kappa shape index (κ1) is 22.5. The van der Waals surface area contributed by atoms with E-state index in [1.807, 2.05) is 0 Å². The van der Waals surface area contributed by atoms with Gasteiger partial charge in [-0.05, 0) is 48.5 Å². The molecular weight excluding hydrogens is 414 g/mol. The molecule has 3 aromatic rings. The summed E-state index contributed by atoms with van der Waals surface area (Å²) in [6, 6.07) is 16.1. The lowest BCUT2D eigenvalue weighted by Gasteiger charge is -2.11. The van der Waals surface area contributed by atoms with Crippen LogP contribution in [0.25, 0.3) is 0 Å². The standard InChI is InChI=1S/C24H23NO7/c1-28-19-10-8-15(12-21(19)30-3)23(26)25-17-6-5-7-18(14-17)32-24(27)16-9-11-20(29-2)22(13-16)31-4/h5-14H,1-4H3,(H,25,26). The normalized spacial score (nSPS) is 10.1. The van der Waals surface area contributed by atoms with Gasteiger partial charge in [-0.3, -0.25) is 4.79 Å². The van der Waals surface area contributed by atoms with Gasteiger partial charge in [0.15, 0.2) is 23.0 Å². The van der Waals surface area contributed by atoms with Crippen molar-refractivity contribution in [3.63, 3.8) is 0 Å². The lowest BCUT2D eigenvalue weighted by molar-refractivity contribution is 0.0734. The third kappa shape index (κ3) is 5.10. The molecule has 0 fully saturated rings. The van der Waals surface area contributed by atoms with Crippen LogP contribution in [0.4, 0.5) is 5.69 Å². The highest BCUT2D eigenvalue weighted by Crippen LogP contribution is 2.29. The van der Waals surface area contributed by atoms with Gasteiger partial charge < -0.3 is 29.0 Å². The van der Waals surface area contributed by atoms with Crippen LogP contribution in [-0.4, -0.2) is 40.3 Å². The lowest BCUT2D eigenvalue weighted by atomic mass is 10.1. The van der Waals surface area contributed by atoms with E-state index in [0.29, 0.717) is 39.8 Å². The average Bonchev–Trinajstić information content (AvgIpc) is 2.83. The Morgan fingerprint density at radius 1 is 0.656 bits per heavy atom. The van der Waals surface area contributed by atoms with Crippen LogP contribution in [0.15, 0.2) is 60.7 Å². The number of rotatable bonds is 8. The average molecular weight is 437 g/mol. The second kappa shape index (κ2) is 10.2. The quantitative estimate of drug-likeness (QED) is 0.417. The molecule has 0 unspecified atom stereocenters. The van der Waals surface area contributed by atoms with Crippen LogP contribution < -0.4 is 29.0 Å². The van der Waals surface area contributed by atoms with E-state index in [-0.39, 0.29) is 11.7 Å². The molecule has 0 aliphatic heterocycles. The number of methoxy groups -OCH3 is 4. The van der Waals surface area contributed by atoms with Gasteiger partial charge in [-0.25, -0.2) is 4.79 Å². The number of benzene rings is 3. The summed E-state index contributed by atoms with van der Waals surface area (Å²) in [6.45, 7) is 0. The second-order valence-electron chi connectivity index (χ2n) is 6.51. The minimum Gasteiger partial charge on any atom is -0.493 e. The van der Waals surface area contributed by atoms with E-state index < -0.39 is 5.97 Å². The summed E-state index contributed by atoms with van der Waals surface area (Å²) in [7, 11) is 6.01. The lowest BCUT2D eigenvalue weighted by Crippen LogP contribution is -2.13. The predicted molar refractivity (Wildman–Crippen MR) is 118 cm³/mol. The topological polar surface area (TPSA) is 92.3 Å². The molecule has 0 aromatic heterocycles. The van der Waals surface area contributed by atoms with Gasteiger partial charge in [0.2, 0.25) is 0 Å². The number of carbonyl (C=O) groups excluding carboxylic acids is 2. The SMILES string of the molecule is COc1ccc(C(=O)Nc2cccc(OC(=O)c3ccc(OC)c(OC)c3)c2)cc1OC. The zero-order valence-electron chi connectivity index (χ0n) is 18.1. The van der Waals surface area contributed by atoms with Crippen molar-refractivity contribution in [2.45, 2.75) is 0 Å². The number of anilines is 1. The van der Waals surface area contributed by atoms with E-state index in [9.17, 15) is 9.59 Å². The molecule has 1 N–H and O–H groups in total. The number of nitrogens with one attached hydrogen (secondary N) is 1. The Bertz CT molecular complexity index is 1040. The fourth-order valence-corrected chi connectivity index (χ4v) is 2.95. The highest BCUT2D eigenvalue weighted by Gasteiger charge is 2.14. The van der Waals surface area contributed by atoms with Crippen molar-refractivity contribution in [3.8, 4) is 28.7 Å². The van der Waals surface area contributed by atoms with Gasteiger partial charge in [-0.15, -0.1) is 0 Å². The largest absolute Gasteiger partial charge is 0.493 e. The summed E-state index contributed by atoms with van der Waals surface area (Å²) in [5.41, 5.74) is 1.14. The summed E-state index contributed by atoms with van der Waals surface area (Å²) in [5, 5.41) is 2.77. The number of esters is 1. The maximum atomic E-state index is 12.6. The Hall–Kier alpha value is -4.20. The Kier molecular flexibility index (Phi) is 7.17. The van der Waals surface area contributed by atoms with Crippen molar-refractivity contribution in [1.82, 2.24) is 0 Å². The van der Waals surface area contributed by atoms with Crippen LogP contribution in [0.5, 0.6) is 28.7 Å². The van der Waals surface area contributed by atoms with Crippen molar-refractivity contribution in [3.05, 3.63) is 71.8 Å². The molecular formula is C24H23NO7. The number of amides is 1. The molecule has 0 aliphatic carbocycles. The van der Waals surface area contributed by atoms with Gasteiger partial charge in [-0.1, -0.05) is 6.07 Å². The minimum absolute atomic E-state index is 0.273. The molecule has 0 bridgehead atoms. The molecule has 0 aliphatic rings. The van der Waals surface area contributed by atoms with E-state index in [2.05, 4.69) is 5.32 Å². The number of hydrogen-bond acceptors (Lipinski definition) is 7. The van der Waals surface area contributed by atoms with Crippen LogP contribution >= 0.6 is 0 Å². The van der Waals surface area contributed by atoms with Gasteiger partial charge in [0.1, 0.15) is 5.75 Å². The number of ether oxygens (including phenoxy) is 5. The van der Waals surface area contributed by atoms with Gasteiger partial charge in [0.25, 0.3) is 5.91 Å². The number of carbonyl (C=O) groups is 2. The van der Waals surface area contributed by atoms with Crippen LogP contribution in [-0.2, 0) is 0 Å². The molecule has 32 heavy (non-hydrogen) atoms. The maximum absolute atomic E-state index is 12.6. The molecule has 0 saturated carbocycles. The fourth-order valence-electron chi connectivity index (χ4n) is 2.95. The van der Waals surface area contributed by atoms with Crippen LogP contribution in [0, 0.1) is 0 Å². The zero-order valence-corrected chi connectivity index (χ0v) is 18.1. The fraction of sp³-hybridized carbons (Fsp3) is 0.167. The smallest absolute Gasteiger partial charge is 0.343 e. The molecule has 0 radical (unpaired) electrons. The van der Waals surface area contributed by atoms with Crippen molar-refractivity contribution in [2.75, 3.05) is 33.8 Å². The molecule has 166 valence electrons. The maximum Gasteiger partial charge on any atom is 0.343 e. The third-order valence-electron chi connectivity index (χ3n) is 4.57. The molecule has 8 nitrogen and oxygen atoms in total. The van der Waals surface area contributed by atoms with Crippen LogP contribution in [0.2, 0.25) is 0 Å². The summed E-state index contributed by atoms with van der Waals surface area (Å²) < 4.78 is 26.3. The monoisotopic (exact) mass is 437 g/mol. The second-order valence-corrected chi connectivity index (χ2v) is 6.51. The van der Waals surface area contributed by atoms with E-state index in [4.69, 9.17) is 23.7 Å². The van der Waals surface area contributed by atoms with E-state index >= 15 is 0 Å². The first-order valence-corrected chi connectivity index (χ1v) is 9.56. The first-order chi connectivity index (χ1) is 15.5. The van der Waals surface area contributed by atoms with Gasteiger partial charge >= 0.3 is 5.97 Å². The molecule has 3 aromatic carbocycles. The van der Waals surface area contributed by atoms with Crippen molar-refractivity contribution in [2.24, 2.45) is 0 Å². The van der Waals surface area contributed by atoms with Gasteiger partial charge in [0.05, 0.1) is 34.0 Å². The molecule has 8 heteroatoms. The molecule has 0 saturated heterocycles. The Balaban J connectivity index is 1.73. The Morgan fingerprint density at radius 2 is 1.22 bits per heavy atom. The summed E-state index contributed by atoms with van der Waals surface area (Å²) in [5.74, 6) is 1.23. The molecule has 1 amide bonds. The van der Waals surface area contributed by atoms with Crippen molar-refractivity contribution < 1.29 is 33.3 Å². The molecule has 0 spiro atoms. The molecule has 3 rings (SSSR count). The van der Waals surface area contributed by atoms with E-state index in [1.54, 1.807) is 54.6 Å². The molecule has 0 atom stereocenters. The van der Waals surface area contributed by atoms with E-state index in [0.717, 1.165) is 0 Å². The van der Waals surface area contributed by atoms with Gasteiger partial charge in [-0.2, -0.15) is 0 Å². The van der Waals surface area contributed by atoms with E-state index in [1.165, 1.54) is 34.5 Å². The minimum atomic E-state index is -0.575. The van der Waals surface area contributed by atoms with Crippen molar-refractivity contribution >= 4 is 17.6 Å². The first-order valence-electron chi connectivity index (χ1n) is 9.56. The van der Waals surface area contributed by atoms with Crippen LogP contribution in [0.1, 0.15) is 20.7 Å². The Labute approximate surface area is 185 Å². The zero-order chi connectivity index (χ0) is 23.1. The van der Waals surface area contributed by atoms with Crippen LogP contribution in [0.3, 0.4) is 0 Å². The van der Waals surface area contributed by atoms with Gasteiger partial charge in [0, 0.05) is 17.3 Å². The summed E-state index contributed by atoms with van der Waals surface area (Å²) in [4.78, 5) is 25.2. The predicted octanol–water partition coefficient (Wildman–Crippen LogP) is 4.19. The summed E-state index contributed by atoms with van der Waals surface area (Å²) >= 11 is 0. The third-order valence-corrected chi connectivity index (χ3v) is 4.57. The van der Waals surface area contributed by atoms with Crippen molar-refractivity contribution in [1.29, 1.82) is 0 Å². The number of hydrogen-bond donors (Lipinski definition) is 1. The highest BCUT2D eigenvalue weighted by atomic mass is 16.5. The molecule has 0 heterocycles. The Morgan fingerprint density at radius 3 is 1.81 bits per heavy atom. The summed E-state index contributed by atoms with van der Waals surface area (Å²) in [6.07, 6.45) is 0.